The average molecular weight is 220 g/mol. The fourth-order valence-electron chi connectivity index (χ4n) is 1.91. The van der Waals surface area contributed by atoms with Crippen molar-refractivity contribution < 1.29 is 19.1 Å². The van der Waals surface area contributed by atoms with Gasteiger partial charge in [-0.1, -0.05) is 30.3 Å². The van der Waals surface area contributed by atoms with E-state index in [4.69, 9.17) is 9.47 Å². The molecule has 84 valence electrons. The van der Waals surface area contributed by atoms with Gasteiger partial charge in [0.15, 0.2) is 0 Å². The van der Waals surface area contributed by atoms with Crippen LogP contribution in [0.2, 0.25) is 0 Å². The minimum Gasteiger partial charge on any atom is -0.466 e. The van der Waals surface area contributed by atoms with Crippen LogP contribution in [0.15, 0.2) is 30.3 Å². The van der Waals surface area contributed by atoms with Crippen LogP contribution in [0.3, 0.4) is 0 Å². The normalized spacial score (nSPS) is 23.9. The first kappa shape index (κ1) is 10.7. The Morgan fingerprint density at radius 3 is 2.56 bits per heavy atom. The average Bonchev–Trinajstić information content (AvgIpc) is 2.73. The van der Waals surface area contributed by atoms with Crippen molar-refractivity contribution in [3.63, 3.8) is 0 Å². The Morgan fingerprint density at radius 1 is 1.38 bits per heavy atom. The summed E-state index contributed by atoms with van der Waals surface area (Å²) in [5, 5.41) is 0. The number of ether oxygens (including phenoxy) is 2. The molecule has 4 nitrogen and oxygen atoms in total. The van der Waals surface area contributed by atoms with E-state index in [2.05, 4.69) is 0 Å². The van der Waals surface area contributed by atoms with Gasteiger partial charge in [-0.25, -0.2) is 4.79 Å². The fraction of sp³-hybridized carbons (Fsp3) is 0.333. The summed E-state index contributed by atoms with van der Waals surface area (Å²) in [5.41, 5.74) is -0.583. The molecule has 0 aromatic heterocycles. The van der Waals surface area contributed by atoms with E-state index in [9.17, 15) is 9.59 Å². The lowest BCUT2D eigenvalue weighted by atomic mass is 9.91. The number of methoxy groups -OCH3 is 1. The van der Waals surface area contributed by atoms with Gasteiger partial charge in [-0.2, -0.15) is 0 Å². The van der Waals surface area contributed by atoms with Crippen molar-refractivity contribution in [2.45, 2.75) is 18.4 Å². The van der Waals surface area contributed by atoms with Crippen LogP contribution in [0.5, 0.6) is 0 Å². The molecule has 1 aromatic carbocycles. The molecule has 0 aliphatic carbocycles. The molecule has 0 saturated carbocycles. The lowest BCUT2D eigenvalue weighted by Crippen LogP contribution is -2.36. The van der Waals surface area contributed by atoms with Gasteiger partial charge < -0.3 is 9.47 Å². The standard InChI is InChI=1S/C12H12O4/c1-15-11(14)12(8-7-10(13)16-12)9-5-3-2-4-6-9/h2-6H,7-8H2,1H3. The van der Waals surface area contributed by atoms with E-state index in [1.54, 1.807) is 24.3 Å². The van der Waals surface area contributed by atoms with Gasteiger partial charge in [0.25, 0.3) is 0 Å². The van der Waals surface area contributed by atoms with Crippen molar-refractivity contribution in [1.82, 2.24) is 0 Å². The topological polar surface area (TPSA) is 52.6 Å². The van der Waals surface area contributed by atoms with E-state index in [1.165, 1.54) is 7.11 Å². The minimum absolute atomic E-state index is 0.240. The number of carbonyl (C=O) groups excluding carboxylic acids is 2. The summed E-state index contributed by atoms with van der Waals surface area (Å²) in [6.45, 7) is 0. The summed E-state index contributed by atoms with van der Waals surface area (Å²) in [6.07, 6.45) is 0.576. The highest BCUT2D eigenvalue weighted by Crippen LogP contribution is 2.37. The first-order valence-corrected chi connectivity index (χ1v) is 5.05. The molecule has 4 heteroatoms. The molecule has 1 fully saturated rings. The Kier molecular flexibility index (Phi) is 2.64. The molecule has 0 bridgehead atoms. The summed E-state index contributed by atoms with van der Waals surface area (Å²) in [5.74, 6) is -0.890. The van der Waals surface area contributed by atoms with Gasteiger partial charge in [0, 0.05) is 12.0 Å². The molecule has 1 aromatic rings. The number of esters is 2. The molecule has 1 aliphatic rings. The van der Waals surface area contributed by atoms with Crippen molar-refractivity contribution in [3.8, 4) is 0 Å². The molecule has 1 aliphatic heterocycles. The Balaban J connectivity index is 2.44. The van der Waals surface area contributed by atoms with Crippen LogP contribution in [0.1, 0.15) is 18.4 Å². The van der Waals surface area contributed by atoms with Crippen molar-refractivity contribution >= 4 is 11.9 Å². The second-order valence-electron chi connectivity index (χ2n) is 3.66. The van der Waals surface area contributed by atoms with Crippen LogP contribution in [0.25, 0.3) is 0 Å². The van der Waals surface area contributed by atoms with Crippen LogP contribution in [0, 0.1) is 0 Å². The van der Waals surface area contributed by atoms with E-state index in [0.717, 1.165) is 0 Å². The smallest absolute Gasteiger partial charge is 0.355 e. The van der Waals surface area contributed by atoms with Crippen LogP contribution >= 0.6 is 0 Å². The molecule has 16 heavy (non-hydrogen) atoms. The summed E-state index contributed by atoms with van der Waals surface area (Å²) in [6, 6.07) is 8.95. The highest BCUT2D eigenvalue weighted by Gasteiger charge is 2.49. The van der Waals surface area contributed by atoms with Gasteiger partial charge in [0.2, 0.25) is 5.60 Å². The van der Waals surface area contributed by atoms with Gasteiger partial charge >= 0.3 is 11.9 Å². The van der Waals surface area contributed by atoms with E-state index in [-0.39, 0.29) is 12.4 Å². The number of hydrogen-bond donors (Lipinski definition) is 0. The zero-order valence-corrected chi connectivity index (χ0v) is 8.93. The maximum atomic E-state index is 11.8. The van der Waals surface area contributed by atoms with Crippen LogP contribution in [0.4, 0.5) is 0 Å². The molecule has 0 N–H and O–H groups in total. The largest absolute Gasteiger partial charge is 0.466 e. The molecule has 0 amide bonds. The molecule has 1 saturated heterocycles. The quantitative estimate of drug-likeness (QED) is 0.707. The molecular formula is C12H12O4. The first-order valence-electron chi connectivity index (χ1n) is 5.05. The predicted molar refractivity (Wildman–Crippen MR) is 55.5 cm³/mol. The van der Waals surface area contributed by atoms with E-state index >= 15 is 0 Å². The third-order valence-electron chi connectivity index (χ3n) is 2.72. The molecular weight excluding hydrogens is 208 g/mol. The fourth-order valence-corrected chi connectivity index (χ4v) is 1.91. The highest BCUT2D eigenvalue weighted by atomic mass is 16.6. The van der Waals surface area contributed by atoms with Crippen molar-refractivity contribution in [3.05, 3.63) is 35.9 Å². The summed E-state index contributed by atoms with van der Waals surface area (Å²) >= 11 is 0. The number of hydrogen-bond acceptors (Lipinski definition) is 4. The summed E-state index contributed by atoms with van der Waals surface area (Å²) in [7, 11) is 1.29. The molecule has 2 rings (SSSR count). The number of cyclic esters (lactones) is 1. The van der Waals surface area contributed by atoms with Crippen LogP contribution < -0.4 is 0 Å². The van der Waals surface area contributed by atoms with Crippen molar-refractivity contribution in [2.24, 2.45) is 0 Å². The van der Waals surface area contributed by atoms with Crippen LogP contribution in [-0.2, 0) is 24.7 Å². The maximum Gasteiger partial charge on any atom is 0.355 e. The Morgan fingerprint density at radius 2 is 2.06 bits per heavy atom. The maximum absolute atomic E-state index is 11.8. The highest BCUT2D eigenvalue weighted by molar-refractivity contribution is 5.88. The number of benzene rings is 1. The first-order chi connectivity index (χ1) is 7.69. The Labute approximate surface area is 93.2 Å². The lowest BCUT2D eigenvalue weighted by molar-refractivity contribution is -0.173. The van der Waals surface area contributed by atoms with Gasteiger partial charge in [-0.05, 0) is 0 Å². The second kappa shape index (κ2) is 3.96. The second-order valence-corrected chi connectivity index (χ2v) is 3.66. The minimum atomic E-state index is -1.24. The van der Waals surface area contributed by atoms with E-state index < -0.39 is 11.6 Å². The monoisotopic (exact) mass is 220 g/mol. The molecule has 1 unspecified atom stereocenters. The number of carbonyl (C=O) groups is 2. The number of rotatable bonds is 2. The third kappa shape index (κ3) is 1.56. The van der Waals surface area contributed by atoms with Crippen molar-refractivity contribution in [1.29, 1.82) is 0 Å². The Bertz CT molecular complexity index is 412. The van der Waals surface area contributed by atoms with Gasteiger partial charge in [-0.3, -0.25) is 4.79 Å². The summed E-state index contributed by atoms with van der Waals surface area (Å²) < 4.78 is 9.90. The molecule has 1 atom stereocenters. The lowest BCUT2D eigenvalue weighted by Gasteiger charge is -2.24. The third-order valence-corrected chi connectivity index (χ3v) is 2.72. The Hall–Kier alpha value is -1.84. The van der Waals surface area contributed by atoms with E-state index in [0.29, 0.717) is 12.0 Å². The van der Waals surface area contributed by atoms with Crippen molar-refractivity contribution in [2.75, 3.05) is 7.11 Å². The SMILES string of the molecule is COC(=O)C1(c2ccccc2)CCC(=O)O1. The summed E-state index contributed by atoms with van der Waals surface area (Å²) in [4.78, 5) is 23.0. The predicted octanol–water partition coefficient (Wildman–Crippen LogP) is 1.39. The molecule has 1 heterocycles. The molecule has 0 radical (unpaired) electrons. The van der Waals surface area contributed by atoms with Crippen LogP contribution in [-0.4, -0.2) is 19.0 Å². The van der Waals surface area contributed by atoms with E-state index in [1.807, 2.05) is 6.07 Å². The van der Waals surface area contributed by atoms with Gasteiger partial charge in [0.1, 0.15) is 0 Å². The van der Waals surface area contributed by atoms with Gasteiger partial charge in [0.05, 0.1) is 13.5 Å². The molecule has 0 spiro atoms. The zero-order chi connectivity index (χ0) is 11.6. The zero-order valence-electron chi connectivity index (χ0n) is 8.93. The van der Waals surface area contributed by atoms with Gasteiger partial charge in [-0.15, -0.1) is 0 Å².